The number of hydrogen-bond donors (Lipinski definition) is 1. The summed E-state index contributed by atoms with van der Waals surface area (Å²) in [5, 5.41) is 3.62. The molecule has 6 heteroatoms. The highest BCUT2D eigenvalue weighted by atomic mass is 32.2. The Bertz CT molecular complexity index is 375. The summed E-state index contributed by atoms with van der Waals surface area (Å²) >= 11 is 0. The van der Waals surface area contributed by atoms with Crippen LogP contribution in [0.5, 0.6) is 0 Å². The van der Waals surface area contributed by atoms with Gasteiger partial charge in [0.15, 0.2) is 9.84 Å². The standard InChI is InChI=1S/C11H19NO4S/c1-2-3-4-5-7-16-11(13)12-10-6-8-17(14,15)9-10/h6,8,10H,2-5,7,9H2,1H3,(H,12,13). The maximum atomic E-state index is 11.3. The van der Waals surface area contributed by atoms with Gasteiger partial charge in [-0.2, -0.15) is 0 Å². The van der Waals surface area contributed by atoms with E-state index in [1.807, 2.05) is 0 Å². The monoisotopic (exact) mass is 261 g/mol. The summed E-state index contributed by atoms with van der Waals surface area (Å²) in [4.78, 5) is 11.3. The van der Waals surface area contributed by atoms with Gasteiger partial charge in [-0.1, -0.05) is 26.2 Å². The van der Waals surface area contributed by atoms with Gasteiger partial charge in [0.1, 0.15) is 0 Å². The first-order chi connectivity index (χ1) is 8.03. The van der Waals surface area contributed by atoms with Crippen LogP contribution in [0.25, 0.3) is 0 Å². The van der Waals surface area contributed by atoms with Crippen molar-refractivity contribution in [3.05, 3.63) is 11.5 Å². The number of rotatable bonds is 6. The average molecular weight is 261 g/mol. The van der Waals surface area contributed by atoms with Crippen LogP contribution in [0, 0.1) is 0 Å². The van der Waals surface area contributed by atoms with E-state index in [0.717, 1.165) is 31.1 Å². The van der Waals surface area contributed by atoms with Gasteiger partial charge in [0.2, 0.25) is 0 Å². The molecule has 0 saturated heterocycles. The van der Waals surface area contributed by atoms with Crippen LogP contribution in [0.1, 0.15) is 32.6 Å². The number of carbonyl (C=O) groups is 1. The van der Waals surface area contributed by atoms with Gasteiger partial charge in [0.05, 0.1) is 18.4 Å². The summed E-state index contributed by atoms with van der Waals surface area (Å²) in [7, 11) is -3.12. The summed E-state index contributed by atoms with van der Waals surface area (Å²) in [6.07, 6.45) is 5.08. The molecule has 0 aromatic rings. The molecule has 1 rings (SSSR count). The molecule has 1 aliphatic rings. The minimum absolute atomic E-state index is 0.0715. The zero-order valence-electron chi connectivity index (χ0n) is 10.0. The highest BCUT2D eigenvalue weighted by Crippen LogP contribution is 2.08. The first-order valence-electron chi connectivity index (χ1n) is 5.88. The minimum atomic E-state index is -3.12. The van der Waals surface area contributed by atoms with Crippen molar-refractivity contribution in [2.45, 2.75) is 38.6 Å². The van der Waals surface area contributed by atoms with E-state index in [2.05, 4.69) is 12.2 Å². The molecule has 0 radical (unpaired) electrons. The molecule has 1 atom stereocenters. The van der Waals surface area contributed by atoms with Crippen molar-refractivity contribution < 1.29 is 17.9 Å². The van der Waals surface area contributed by atoms with Crippen LogP contribution in [0.15, 0.2) is 11.5 Å². The molecule has 0 aromatic carbocycles. The molecule has 0 fully saturated rings. The molecule has 0 aliphatic carbocycles. The Morgan fingerprint density at radius 1 is 1.41 bits per heavy atom. The Kier molecular flexibility index (Phi) is 5.47. The number of ether oxygens (including phenoxy) is 1. The van der Waals surface area contributed by atoms with Gasteiger partial charge in [-0.25, -0.2) is 13.2 Å². The van der Waals surface area contributed by atoms with Crippen molar-refractivity contribution in [1.29, 1.82) is 0 Å². The van der Waals surface area contributed by atoms with Crippen molar-refractivity contribution in [3.63, 3.8) is 0 Å². The molecule has 1 unspecified atom stereocenters. The largest absolute Gasteiger partial charge is 0.450 e. The van der Waals surface area contributed by atoms with Crippen molar-refractivity contribution in [2.75, 3.05) is 12.4 Å². The van der Waals surface area contributed by atoms with E-state index in [9.17, 15) is 13.2 Å². The lowest BCUT2D eigenvalue weighted by Crippen LogP contribution is -2.36. The molecule has 1 aliphatic heterocycles. The van der Waals surface area contributed by atoms with Gasteiger partial charge in [-0.3, -0.25) is 0 Å². The Labute approximate surface area is 102 Å². The number of amides is 1. The second-order valence-electron chi connectivity index (χ2n) is 4.11. The SMILES string of the molecule is CCCCCCOC(=O)NC1C=CS(=O)(=O)C1. The van der Waals surface area contributed by atoms with Crippen LogP contribution in [0.4, 0.5) is 4.79 Å². The summed E-state index contributed by atoms with van der Waals surface area (Å²) in [5.41, 5.74) is 0. The van der Waals surface area contributed by atoms with Crippen LogP contribution in [0.3, 0.4) is 0 Å². The predicted molar refractivity (Wildman–Crippen MR) is 65.3 cm³/mol. The van der Waals surface area contributed by atoms with Gasteiger partial charge in [0, 0.05) is 5.41 Å². The van der Waals surface area contributed by atoms with Gasteiger partial charge in [-0.15, -0.1) is 0 Å². The second kappa shape index (κ2) is 6.64. The van der Waals surface area contributed by atoms with E-state index in [0.29, 0.717) is 6.61 Å². The zero-order valence-corrected chi connectivity index (χ0v) is 10.8. The molecule has 0 spiro atoms. The van der Waals surface area contributed by atoms with E-state index in [1.54, 1.807) is 0 Å². The van der Waals surface area contributed by atoms with Crippen LogP contribution >= 0.6 is 0 Å². The van der Waals surface area contributed by atoms with Crippen molar-refractivity contribution in [1.82, 2.24) is 5.32 Å². The summed E-state index contributed by atoms with van der Waals surface area (Å²) in [6.45, 7) is 2.50. The van der Waals surface area contributed by atoms with Crippen molar-refractivity contribution >= 4 is 15.9 Å². The molecule has 1 N–H and O–H groups in total. The number of nitrogens with one attached hydrogen (secondary N) is 1. The van der Waals surface area contributed by atoms with E-state index in [1.165, 1.54) is 6.08 Å². The summed E-state index contributed by atoms with van der Waals surface area (Å²) in [6, 6.07) is -0.455. The lowest BCUT2D eigenvalue weighted by molar-refractivity contribution is 0.142. The van der Waals surface area contributed by atoms with Gasteiger partial charge in [0.25, 0.3) is 0 Å². The highest BCUT2D eigenvalue weighted by molar-refractivity contribution is 7.94. The maximum absolute atomic E-state index is 11.3. The number of carbonyl (C=O) groups excluding carboxylic acids is 1. The maximum Gasteiger partial charge on any atom is 0.407 e. The van der Waals surface area contributed by atoms with Crippen LogP contribution in [-0.2, 0) is 14.6 Å². The number of alkyl carbamates (subject to hydrolysis) is 1. The predicted octanol–water partition coefficient (Wildman–Crippen LogP) is 1.60. The second-order valence-corrected chi connectivity index (χ2v) is 6.04. The molecule has 0 bridgehead atoms. The number of hydrogen-bond acceptors (Lipinski definition) is 4. The molecule has 17 heavy (non-hydrogen) atoms. The minimum Gasteiger partial charge on any atom is -0.450 e. The Morgan fingerprint density at radius 3 is 2.76 bits per heavy atom. The Hall–Kier alpha value is -1.04. The van der Waals surface area contributed by atoms with Crippen LogP contribution < -0.4 is 5.32 Å². The zero-order chi connectivity index (χ0) is 12.7. The third-order valence-corrected chi connectivity index (χ3v) is 3.86. The van der Waals surface area contributed by atoms with Crippen LogP contribution in [0.2, 0.25) is 0 Å². The number of unbranched alkanes of at least 4 members (excludes halogenated alkanes) is 3. The molecular formula is C11H19NO4S. The Morgan fingerprint density at radius 2 is 2.18 bits per heavy atom. The normalized spacial score (nSPS) is 21.4. The molecule has 0 aromatic heterocycles. The lowest BCUT2D eigenvalue weighted by Gasteiger charge is -2.10. The van der Waals surface area contributed by atoms with E-state index < -0.39 is 22.0 Å². The quantitative estimate of drug-likeness (QED) is 0.737. The molecule has 5 nitrogen and oxygen atoms in total. The first kappa shape index (κ1) is 14.0. The third-order valence-electron chi connectivity index (χ3n) is 2.46. The van der Waals surface area contributed by atoms with Crippen molar-refractivity contribution in [2.24, 2.45) is 0 Å². The topological polar surface area (TPSA) is 72.5 Å². The molecule has 1 heterocycles. The van der Waals surface area contributed by atoms with E-state index >= 15 is 0 Å². The molecular weight excluding hydrogens is 242 g/mol. The lowest BCUT2D eigenvalue weighted by atomic mass is 10.2. The van der Waals surface area contributed by atoms with Gasteiger partial charge >= 0.3 is 6.09 Å². The van der Waals surface area contributed by atoms with E-state index in [4.69, 9.17) is 4.74 Å². The number of sulfone groups is 1. The summed E-state index contributed by atoms with van der Waals surface area (Å²) in [5.74, 6) is -0.0715. The van der Waals surface area contributed by atoms with E-state index in [-0.39, 0.29) is 5.75 Å². The average Bonchev–Trinajstić information content (AvgIpc) is 2.57. The van der Waals surface area contributed by atoms with Gasteiger partial charge in [-0.05, 0) is 12.5 Å². The highest BCUT2D eigenvalue weighted by Gasteiger charge is 2.23. The fourth-order valence-electron chi connectivity index (χ4n) is 1.55. The first-order valence-corrected chi connectivity index (χ1v) is 7.59. The molecule has 98 valence electrons. The Balaban J connectivity index is 2.12. The fraction of sp³-hybridized carbons (Fsp3) is 0.727. The molecule has 0 saturated carbocycles. The summed E-state index contributed by atoms with van der Waals surface area (Å²) < 4.78 is 27.1. The van der Waals surface area contributed by atoms with Crippen molar-refractivity contribution in [3.8, 4) is 0 Å². The fourth-order valence-corrected chi connectivity index (χ4v) is 2.79. The molecule has 1 amide bonds. The third kappa shape index (κ3) is 5.72. The van der Waals surface area contributed by atoms with Crippen LogP contribution in [-0.4, -0.2) is 32.9 Å². The smallest absolute Gasteiger partial charge is 0.407 e. The van der Waals surface area contributed by atoms with Gasteiger partial charge < -0.3 is 10.1 Å².